The summed E-state index contributed by atoms with van der Waals surface area (Å²) in [6.45, 7) is 16.7. The van der Waals surface area contributed by atoms with Gasteiger partial charge in [0.25, 0.3) is 0 Å². The van der Waals surface area contributed by atoms with Gasteiger partial charge in [0, 0.05) is 24.7 Å². The second-order valence-electron chi connectivity index (χ2n) is 9.61. The predicted molar refractivity (Wildman–Crippen MR) is 132 cm³/mol. The van der Waals surface area contributed by atoms with Crippen molar-refractivity contribution in [2.24, 2.45) is 0 Å². The Bertz CT molecular complexity index is 920. The number of benzene rings is 2. The van der Waals surface area contributed by atoms with Crippen molar-refractivity contribution in [3.63, 3.8) is 0 Å². The van der Waals surface area contributed by atoms with Gasteiger partial charge in [0.15, 0.2) is 5.78 Å². The minimum Gasteiger partial charge on any atom is -0.544 e. The summed E-state index contributed by atoms with van der Waals surface area (Å²) in [5.41, 5.74) is 0.450. The first-order chi connectivity index (χ1) is 14.9. The van der Waals surface area contributed by atoms with E-state index in [0.29, 0.717) is 17.9 Å². The van der Waals surface area contributed by atoms with Crippen LogP contribution in [0.1, 0.15) is 43.1 Å². The number of rotatable bonds is 11. The summed E-state index contributed by atoms with van der Waals surface area (Å²) < 4.78 is 26.5. The van der Waals surface area contributed by atoms with Crippen LogP contribution >= 0.6 is 0 Å². The summed E-state index contributed by atoms with van der Waals surface area (Å²) in [5.74, 6) is 0.205. The number of carbonyl (C=O) groups excluding carboxylic acids is 1. The van der Waals surface area contributed by atoms with Gasteiger partial charge < -0.3 is 14.1 Å². The number of nitrogens with zero attached hydrogens (tertiary/aromatic N) is 1. The van der Waals surface area contributed by atoms with E-state index in [1.807, 2.05) is 13.1 Å². The van der Waals surface area contributed by atoms with Gasteiger partial charge in [-0.2, -0.15) is 0 Å². The van der Waals surface area contributed by atoms with Gasteiger partial charge in [0.1, 0.15) is 17.3 Å². The standard InChI is InChI=1S/C26H36FNO3Si/c1-8-16-28(5)17-9-18-30-22-14-15-23(24(27)19-22)25(29)20-10-12-21(13-11-20)31-32(6,7)26(2,3)4/h8,10-15,19H,1,9,16-18H2,2-7H3. The second-order valence-corrected chi connectivity index (χ2v) is 14.3. The molecule has 32 heavy (non-hydrogen) atoms. The first-order valence-electron chi connectivity index (χ1n) is 11.0. The molecular formula is C26H36FNO3Si. The fraction of sp³-hybridized carbons (Fsp3) is 0.423. The van der Waals surface area contributed by atoms with Crippen molar-refractivity contribution in [3.8, 4) is 11.5 Å². The number of halogens is 1. The van der Waals surface area contributed by atoms with Crippen molar-refractivity contribution in [3.05, 3.63) is 72.1 Å². The smallest absolute Gasteiger partial charge is 0.250 e. The molecule has 0 heterocycles. The van der Waals surface area contributed by atoms with E-state index in [1.54, 1.807) is 30.3 Å². The molecule has 0 saturated carbocycles. The average molecular weight is 458 g/mol. The molecule has 4 nitrogen and oxygen atoms in total. The normalized spacial score (nSPS) is 12.0. The Balaban J connectivity index is 2.00. The number of ether oxygens (including phenoxy) is 1. The maximum absolute atomic E-state index is 14.6. The molecule has 2 aromatic rings. The minimum absolute atomic E-state index is 0.0288. The highest BCUT2D eigenvalue weighted by molar-refractivity contribution is 6.74. The molecule has 0 aliphatic carbocycles. The molecule has 0 atom stereocenters. The molecule has 0 saturated heterocycles. The molecule has 0 N–H and O–H groups in total. The molecule has 0 radical (unpaired) electrons. The Kier molecular flexibility index (Phi) is 8.81. The van der Waals surface area contributed by atoms with Gasteiger partial charge in [0.05, 0.1) is 12.2 Å². The van der Waals surface area contributed by atoms with Gasteiger partial charge in [-0.25, -0.2) is 4.39 Å². The van der Waals surface area contributed by atoms with Crippen molar-refractivity contribution in [1.82, 2.24) is 4.90 Å². The highest BCUT2D eigenvalue weighted by atomic mass is 28.4. The van der Waals surface area contributed by atoms with Crippen LogP contribution in [0.4, 0.5) is 4.39 Å². The lowest BCUT2D eigenvalue weighted by molar-refractivity contribution is 0.103. The van der Waals surface area contributed by atoms with Crippen LogP contribution in [0.15, 0.2) is 55.1 Å². The minimum atomic E-state index is -1.96. The summed E-state index contributed by atoms with van der Waals surface area (Å²) in [4.78, 5) is 14.9. The number of carbonyl (C=O) groups is 1. The van der Waals surface area contributed by atoms with E-state index in [2.05, 4.69) is 45.3 Å². The molecule has 0 aliphatic heterocycles. The molecule has 0 unspecified atom stereocenters. The Morgan fingerprint density at radius 1 is 1.12 bits per heavy atom. The van der Waals surface area contributed by atoms with Gasteiger partial charge in [-0.1, -0.05) is 26.8 Å². The topological polar surface area (TPSA) is 38.8 Å². The van der Waals surface area contributed by atoms with Crippen LogP contribution in [0.3, 0.4) is 0 Å². The molecule has 0 bridgehead atoms. The zero-order chi connectivity index (χ0) is 23.9. The van der Waals surface area contributed by atoms with Crippen LogP contribution in [0.25, 0.3) is 0 Å². The zero-order valence-corrected chi connectivity index (χ0v) is 21.2. The number of likely N-dealkylation sites (N-methyl/N-ethyl adjacent to an activating group) is 1. The highest BCUT2D eigenvalue weighted by Crippen LogP contribution is 2.37. The average Bonchev–Trinajstić information content (AvgIpc) is 2.70. The lowest BCUT2D eigenvalue weighted by Crippen LogP contribution is -2.43. The SMILES string of the molecule is C=CCN(C)CCCOc1ccc(C(=O)c2ccc(O[Si](C)(C)C(C)(C)C)cc2)c(F)c1. The van der Waals surface area contributed by atoms with Crippen LogP contribution in [0.5, 0.6) is 11.5 Å². The highest BCUT2D eigenvalue weighted by Gasteiger charge is 2.38. The zero-order valence-electron chi connectivity index (χ0n) is 20.2. The van der Waals surface area contributed by atoms with E-state index in [-0.39, 0.29) is 16.4 Å². The maximum Gasteiger partial charge on any atom is 0.250 e. The fourth-order valence-corrected chi connectivity index (χ4v) is 3.92. The van der Waals surface area contributed by atoms with Gasteiger partial charge in [-0.05, 0) is 68.0 Å². The Labute approximate surface area is 193 Å². The third-order valence-corrected chi connectivity index (χ3v) is 10.2. The number of hydrogen-bond acceptors (Lipinski definition) is 4. The molecule has 0 aromatic heterocycles. The van der Waals surface area contributed by atoms with Gasteiger partial charge in [0.2, 0.25) is 8.32 Å². The lowest BCUT2D eigenvalue weighted by atomic mass is 10.0. The molecule has 2 aromatic carbocycles. The van der Waals surface area contributed by atoms with Crippen molar-refractivity contribution in [2.75, 3.05) is 26.7 Å². The maximum atomic E-state index is 14.6. The molecular weight excluding hydrogens is 421 g/mol. The van der Waals surface area contributed by atoms with E-state index in [9.17, 15) is 9.18 Å². The molecule has 0 fully saturated rings. The number of hydrogen-bond donors (Lipinski definition) is 0. The van der Waals surface area contributed by atoms with E-state index in [0.717, 1.165) is 25.3 Å². The summed E-state index contributed by atoms with van der Waals surface area (Å²) >= 11 is 0. The van der Waals surface area contributed by atoms with Crippen molar-refractivity contribution < 1.29 is 18.3 Å². The molecule has 0 spiro atoms. The Morgan fingerprint density at radius 2 is 1.75 bits per heavy atom. The summed E-state index contributed by atoms with van der Waals surface area (Å²) in [6, 6.07) is 11.3. The molecule has 6 heteroatoms. The molecule has 0 aliphatic rings. The third-order valence-electron chi connectivity index (χ3n) is 5.87. The summed E-state index contributed by atoms with van der Waals surface area (Å²) in [5, 5.41) is 0.0793. The molecule has 174 valence electrons. The van der Waals surface area contributed by atoms with Crippen LogP contribution in [0, 0.1) is 5.82 Å². The van der Waals surface area contributed by atoms with E-state index in [4.69, 9.17) is 9.16 Å². The van der Waals surface area contributed by atoms with Crippen LogP contribution in [-0.2, 0) is 0 Å². The quantitative estimate of drug-likeness (QED) is 0.171. The molecule has 0 amide bonds. The molecule has 2 rings (SSSR count). The van der Waals surface area contributed by atoms with E-state index in [1.165, 1.54) is 12.1 Å². The third kappa shape index (κ3) is 7.04. The van der Waals surface area contributed by atoms with Crippen molar-refractivity contribution in [2.45, 2.75) is 45.3 Å². The predicted octanol–water partition coefficient (Wildman–Crippen LogP) is 6.33. The first kappa shape index (κ1) is 25.8. The van der Waals surface area contributed by atoms with Crippen LogP contribution in [0.2, 0.25) is 18.1 Å². The lowest BCUT2D eigenvalue weighted by Gasteiger charge is -2.36. The summed E-state index contributed by atoms with van der Waals surface area (Å²) in [6.07, 6.45) is 2.66. The monoisotopic (exact) mass is 457 g/mol. The van der Waals surface area contributed by atoms with Gasteiger partial charge in [-0.15, -0.1) is 6.58 Å². The van der Waals surface area contributed by atoms with Gasteiger partial charge in [-0.3, -0.25) is 4.79 Å². The fourth-order valence-electron chi connectivity index (χ4n) is 2.88. The van der Waals surface area contributed by atoms with Crippen molar-refractivity contribution in [1.29, 1.82) is 0 Å². The Morgan fingerprint density at radius 3 is 2.31 bits per heavy atom. The van der Waals surface area contributed by atoms with E-state index < -0.39 is 14.1 Å². The summed E-state index contributed by atoms with van der Waals surface area (Å²) in [7, 11) is 0.0476. The van der Waals surface area contributed by atoms with Crippen LogP contribution in [-0.4, -0.2) is 45.7 Å². The van der Waals surface area contributed by atoms with Crippen LogP contribution < -0.4 is 9.16 Å². The first-order valence-corrected chi connectivity index (χ1v) is 13.9. The van der Waals surface area contributed by atoms with Crippen molar-refractivity contribution >= 4 is 14.1 Å². The van der Waals surface area contributed by atoms with Gasteiger partial charge >= 0.3 is 0 Å². The largest absolute Gasteiger partial charge is 0.544 e. The number of ketones is 1. The second kappa shape index (κ2) is 10.9. The Hall–Kier alpha value is -2.44. The van der Waals surface area contributed by atoms with E-state index >= 15 is 0 Å².